The van der Waals surface area contributed by atoms with Crippen molar-refractivity contribution in [2.45, 2.75) is 13.8 Å². The van der Waals surface area contributed by atoms with Crippen molar-refractivity contribution in [3.63, 3.8) is 0 Å². The second kappa shape index (κ2) is 4.65. The number of benzene rings is 1. The molecule has 0 spiro atoms. The number of nitrogens with one attached hydrogen (secondary N) is 1. The molecule has 1 aromatic rings. The molecule has 0 bridgehead atoms. The normalized spacial score (nSPS) is 9.69. The van der Waals surface area contributed by atoms with Crippen molar-refractivity contribution in [3.8, 4) is 0 Å². The zero-order valence-corrected chi connectivity index (χ0v) is 9.33. The minimum Gasteiger partial charge on any atom is -0.478 e. The van der Waals surface area contributed by atoms with Gasteiger partial charge < -0.3 is 9.84 Å². The molecule has 5 heteroatoms. The Kier molecular flexibility index (Phi) is 3.50. The van der Waals surface area contributed by atoms with E-state index in [1.165, 1.54) is 13.2 Å². The average Bonchev–Trinajstić information content (AvgIpc) is 2.20. The summed E-state index contributed by atoms with van der Waals surface area (Å²) in [6.45, 7) is 3.52. The fraction of sp³-hybridized carbons (Fsp3) is 0.273. The van der Waals surface area contributed by atoms with Crippen LogP contribution in [0, 0.1) is 13.8 Å². The van der Waals surface area contributed by atoms with E-state index >= 15 is 0 Å². The number of carboxylic acid groups (broad SMARTS) is 1. The van der Waals surface area contributed by atoms with Crippen molar-refractivity contribution in [1.29, 1.82) is 0 Å². The topological polar surface area (TPSA) is 75.6 Å². The van der Waals surface area contributed by atoms with Gasteiger partial charge in [0.15, 0.2) is 0 Å². The van der Waals surface area contributed by atoms with Gasteiger partial charge in [-0.15, -0.1) is 0 Å². The molecule has 5 nitrogen and oxygen atoms in total. The lowest BCUT2D eigenvalue weighted by Crippen LogP contribution is -2.15. The molecule has 2 N–H and O–H groups in total. The Bertz CT molecular complexity index is 440. The summed E-state index contributed by atoms with van der Waals surface area (Å²) >= 11 is 0. The molecule has 0 saturated heterocycles. The van der Waals surface area contributed by atoms with Crippen LogP contribution in [0.5, 0.6) is 0 Å². The van der Waals surface area contributed by atoms with Crippen molar-refractivity contribution < 1.29 is 19.4 Å². The monoisotopic (exact) mass is 223 g/mol. The Labute approximate surface area is 93.0 Å². The second-order valence-corrected chi connectivity index (χ2v) is 3.43. The van der Waals surface area contributed by atoms with Crippen molar-refractivity contribution in [2.75, 3.05) is 12.4 Å². The van der Waals surface area contributed by atoms with Gasteiger partial charge in [-0.3, -0.25) is 5.32 Å². The van der Waals surface area contributed by atoms with Crippen LogP contribution in [0.3, 0.4) is 0 Å². The third kappa shape index (κ3) is 2.50. The first kappa shape index (κ1) is 12.0. The average molecular weight is 223 g/mol. The lowest BCUT2D eigenvalue weighted by molar-refractivity contribution is 0.0698. The third-order valence-electron chi connectivity index (χ3n) is 2.12. The number of hydrogen-bond donors (Lipinski definition) is 2. The Morgan fingerprint density at radius 3 is 2.44 bits per heavy atom. The lowest BCUT2D eigenvalue weighted by atomic mass is 10.0. The minimum absolute atomic E-state index is 0.0582. The number of methoxy groups -OCH3 is 1. The maximum absolute atomic E-state index is 11.1. The quantitative estimate of drug-likeness (QED) is 0.805. The highest BCUT2D eigenvalue weighted by molar-refractivity contribution is 5.99. The molecule has 0 saturated carbocycles. The summed E-state index contributed by atoms with van der Waals surface area (Å²) in [7, 11) is 1.22. The van der Waals surface area contributed by atoms with Crippen LogP contribution in [-0.2, 0) is 4.74 Å². The molecular formula is C11H13NO4. The molecular weight excluding hydrogens is 210 g/mol. The number of amides is 1. The van der Waals surface area contributed by atoms with E-state index < -0.39 is 12.1 Å². The molecule has 1 rings (SSSR count). The fourth-order valence-electron chi connectivity index (χ4n) is 1.46. The SMILES string of the molecule is COC(=O)Nc1c(C)cc(C)cc1C(=O)O. The van der Waals surface area contributed by atoms with Crippen molar-refractivity contribution >= 4 is 17.7 Å². The molecule has 0 atom stereocenters. The summed E-state index contributed by atoms with van der Waals surface area (Å²) in [5, 5.41) is 11.4. The number of ether oxygens (including phenoxy) is 1. The number of carboxylic acids is 1. The number of carbonyl (C=O) groups is 2. The summed E-state index contributed by atoms with van der Waals surface area (Å²) in [5.41, 5.74) is 1.83. The maximum Gasteiger partial charge on any atom is 0.411 e. The maximum atomic E-state index is 11.1. The van der Waals surface area contributed by atoms with E-state index in [1.54, 1.807) is 19.9 Å². The number of rotatable bonds is 2. The summed E-state index contributed by atoms with van der Waals surface area (Å²) < 4.78 is 4.43. The molecule has 0 aliphatic rings. The summed E-state index contributed by atoms with van der Waals surface area (Å²) in [6.07, 6.45) is -0.686. The molecule has 1 aromatic carbocycles. The molecule has 1 amide bonds. The molecule has 0 aliphatic heterocycles. The molecule has 0 fully saturated rings. The predicted octanol–water partition coefficient (Wildman–Crippen LogP) is 2.18. The Morgan fingerprint density at radius 2 is 1.94 bits per heavy atom. The van der Waals surface area contributed by atoms with Crippen LogP contribution < -0.4 is 5.32 Å². The van der Waals surface area contributed by atoms with Gasteiger partial charge in [0.05, 0.1) is 18.4 Å². The highest BCUT2D eigenvalue weighted by Crippen LogP contribution is 2.23. The smallest absolute Gasteiger partial charge is 0.411 e. The van der Waals surface area contributed by atoms with E-state index in [0.29, 0.717) is 5.56 Å². The van der Waals surface area contributed by atoms with Crippen LogP contribution in [0.25, 0.3) is 0 Å². The van der Waals surface area contributed by atoms with Crippen LogP contribution >= 0.6 is 0 Å². The van der Waals surface area contributed by atoms with Crippen molar-refractivity contribution in [1.82, 2.24) is 0 Å². The molecule has 0 aliphatic carbocycles. The van der Waals surface area contributed by atoms with Crippen LogP contribution in [0.1, 0.15) is 21.5 Å². The fourth-order valence-corrected chi connectivity index (χ4v) is 1.46. The lowest BCUT2D eigenvalue weighted by Gasteiger charge is -2.11. The van der Waals surface area contributed by atoms with Gasteiger partial charge in [0.25, 0.3) is 0 Å². The zero-order chi connectivity index (χ0) is 12.3. The van der Waals surface area contributed by atoms with E-state index in [0.717, 1.165) is 5.56 Å². The highest BCUT2D eigenvalue weighted by atomic mass is 16.5. The first-order chi connectivity index (χ1) is 7.45. The third-order valence-corrected chi connectivity index (χ3v) is 2.12. The number of anilines is 1. The van der Waals surface area contributed by atoms with E-state index in [4.69, 9.17) is 5.11 Å². The molecule has 0 heterocycles. The van der Waals surface area contributed by atoms with Crippen LogP contribution in [-0.4, -0.2) is 24.3 Å². The minimum atomic E-state index is -1.08. The van der Waals surface area contributed by atoms with Gasteiger partial charge in [0.1, 0.15) is 0 Å². The Morgan fingerprint density at radius 1 is 1.31 bits per heavy atom. The van der Waals surface area contributed by atoms with Gasteiger partial charge in [-0.1, -0.05) is 6.07 Å². The first-order valence-corrected chi connectivity index (χ1v) is 4.65. The van der Waals surface area contributed by atoms with Gasteiger partial charge in [-0.25, -0.2) is 9.59 Å². The van der Waals surface area contributed by atoms with Crippen molar-refractivity contribution in [3.05, 3.63) is 28.8 Å². The molecule has 0 unspecified atom stereocenters. The van der Waals surface area contributed by atoms with E-state index in [1.807, 2.05) is 0 Å². The largest absolute Gasteiger partial charge is 0.478 e. The predicted molar refractivity (Wildman–Crippen MR) is 58.9 cm³/mol. The van der Waals surface area contributed by atoms with E-state index in [2.05, 4.69) is 10.1 Å². The van der Waals surface area contributed by atoms with Gasteiger partial charge in [0.2, 0.25) is 0 Å². The number of carbonyl (C=O) groups excluding carboxylic acids is 1. The number of aryl methyl sites for hydroxylation is 2. The number of hydrogen-bond acceptors (Lipinski definition) is 3. The molecule has 0 radical (unpaired) electrons. The summed E-state index contributed by atoms with van der Waals surface area (Å²) in [4.78, 5) is 22.1. The Hall–Kier alpha value is -2.04. The van der Waals surface area contributed by atoms with Gasteiger partial charge in [0, 0.05) is 0 Å². The molecule has 0 aromatic heterocycles. The first-order valence-electron chi connectivity index (χ1n) is 4.65. The van der Waals surface area contributed by atoms with Gasteiger partial charge >= 0.3 is 12.1 Å². The zero-order valence-electron chi connectivity index (χ0n) is 9.33. The molecule has 16 heavy (non-hydrogen) atoms. The standard InChI is InChI=1S/C11H13NO4/c1-6-4-7(2)9(12-11(15)16-3)8(5-6)10(13)14/h4-5H,1-3H3,(H,12,15)(H,13,14). The number of aromatic carboxylic acids is 1. The van der Waals surface area contributed by atoms with E-state index in [-0.39, 0.29) is 11.3 Å². The van der Waals surface area contributed by atoms with Crippen LogP contribution in [0.4, 0.5) is 10.5 Å². The molecule has 86 valence electrons. The van der Waals surface area contributed by atoms with E-state index in [9.17, 15) is 9.59 Å². The van der Waals surface area contributed by atoms with Gasteiger partial charge in [-0.05, 0) is 31.0 Å². The Balaban J connectivity index is 3.24. The van der Waals surface area contributed by atoms with Crippen molar-refractivity contribution in [2.24, 2.45) is 0 Å². The summed E-state index contributed by atoms with van der Waals surface area (Å²) in [6, 6.07) is 3.29. The second-order valence-electron chi connectivity index (χ2n) is 3.43. The van der Waals surface area contributed by atoms with Crippen LogP contribution in [0.2, 0.25) is 0 Å². The highest BCUT2D eigenvalue weighted by Gasteiger charge is 2.15. The summed E-state index contributed by atoms with van der Waals surface area (Å²) in [5.74, 6) is -1.08. The van der Waals surface area contributed by atoms with Gasteiger partial charge in [-0.2, -0.15) is 0 Å². The van der Waals surface area contributed by atoms with Crippen LogP contribution in [0.15, 0.2) is 12.1 Å².